The molecule has 3 aromatic rings. The van der Waals surface area contributed by atoms with Crippen LogP contribution in [0.25, 0.3) is 11.4 Å². The first kappa shape index (κ1) is 23.4. The van der Waals surface area contributed by atoms with E-state index >= 15 is 0 Å². The van der Waals surface area contributed by atoms with E-state index in [0.717, 1.165) is 0 Å². The summed E-state index contributed by atoms with van der Waals surface area (Å²) in [5.41, 5.74) is 0.506. The monoisotopic (exact) mass is 485 g/mol. The third-order valence-electron chi connectivity index (χ3n) is 5.42. The molecule has 1 atom stereocenters. The molecule has 2 N–H and O–H groups in total. The molecule has 0 radical (unpaired) electrons. The molecular formula is C22H23N5O6S. The molecule has 11 nitrogen and oxygen atoms in total. The van der Waals surface area contributed by atoms with Crippen LogP contribution in [0.1, 0.15) is 18.9 Å². The molecule has 0 spiro atoms. The van der Waals surface area contributed by atoms with Crippen molar-refractivity contribution in [3.05, 3.63) is 60.5 Å². The van der Waals surface area contributed by atoms with Crippen LogP contribution < -0.4 is 9.88 Å². The summed E-state index contributed by atoms with van der Waals surface area (Å²) in [4.78, 5) is 32.5. The van der Waals surface area contributed by atoms with E-state index in [2.05, 4.69) is 10.1 Å². The van der Waals surface area contributed by atoms with Gasteiger partial charge in [0.25, 0.3) is 11.8 Å². The maximum Gasteiger partial charge on any atom is 0.261 e. The van der Waals surface area contributed by atoms with Crippen LogP contribution in [0.5, 0.6) is 5.75 Å². The van der Waals surface area contributed by atoms with Crippen molar-refractivity contribution in [3.63, 3.8) is 0 Å². The SMILES string of the molecule is CC(=O)N1CCN(C(=O)COc2ccccc2)C(c2nc(-c3ccc(S(N)(=O)=O)cc3)no2)C1. The minimum Gasteiger partial charge on any atom is -0.484 e. The molecule has 1 fully saturated rings. The van der Waals surface area contributed by atoms with Crippen molar-refractivity contribution in [2.45, 2.75) is 17.9 Å². The van der Waals surface area contributed by atoms with Gasteiger partial charge in [-0.05, 0) is 36.4 Å². The second-order valence-electron chi connectivity index (χ2n) is 7.70. The number of para-hydroxylation sites is 1. The molecule has 0 bridgehead atoms. The Morgan fingerprint density at radius 3 is 2.47 bits per heavy atom. The van der Waals surface area contributed by atoms with E-state index in [1.54, 1.807) is 21.9 Å². The van der Waals surface area contributed by atoms with Gasteiger partial charge in [0.2, 0.25) is 21.8 Å². The van der Waals surface area contributed by atoms with Crippen molar-refractivity contribution in [2.75, 3.05) is 26.2 Å². The lowest BCUT2D eigenvalue weighted by Gasteiger charge is -2.39. The number of sulfonamides is 1. The lowest BCUT2D eigenvalue weighted by atomic mass is 10.1. The number of piperazine rings is 1. The van der Waals surface area contributed by atoms with E-state index in [0.29, 0.717) is 17.9 Å². The molecule has 2 amide bonds. The van der Waals surface area contributed by atoms with Gasteiger partial charge >= 0.3 is 0 Å². The van der Waals surface area contributed by atoms with Crippen molar-refractivity contribution < 1.29 is 27.3 Å². The highest BCUT2D eigenvalue weighted by Crippen LogP contribution is 2.27. The van der Waals surface area contributed by atoms with Gasteiger partial charge in [0, 0.05) is 25.6 Å². The Bertz CT molecular complexity index is 1280. The Kier molecular flexibility index (Phi) is 6.61. The molecule has 12 heteroatoms. The molecule has 1 saturated heterocycles. The Hall–Kier alpha value is -3.77. The van der Waals surface area contributed by atoms with E-state index in [1.807, 2.05) is 18.2 Å². The number of benzene rings is 2. The average molecular weight is 486 g/mol. The van der Waals surface area contributed by atoms with E-state index < -0.39 is 16.1 Å². The lowest BCUT2D eigenvalue weighted by molar-refractivity contribution is -0.144. The molecule has 1 aromatic heterocycles. The fourth-order valence-electron chi connectivity index (χ4n) is 3.60. The molecule has 1 aliphatic heterocycles. The molecule has 178 valence electrons. The van der Waals surface area contributed by atoms with Crippen LogP contribution in [-0.4, -0.2) is 66.4 Å². The van der Waals surface area contributed by atoms with Gasteiger partial charge in [-0.2, -0.15) is 4.98 Å². The minimum atomic E-state index is -3.83. The summed E-state index contributed by atoms with van der Waals surface area (Å²) in [6.45, 7) is 2.12. The van der Waals surface area contributed by atoms with Crippen molar-refractivity contribution in [2.24, 2.45) is 5.14 Å². The summed E-state index contributed by atoms with van der Waals surface area (Å²) in [6.07, 6.45) is 0. The molecular weight excluding hydrogens is 462 g/mol. The van der Waals surface area contributed by atoms with Crippen LogP contribution in [0.2, 0.25) is 0 Å². The molecule has 2 aromatic carbocycles. The van der Waals surface area contributed by atoms with Gasteiger partial charge in [-0.25, -0.2) is 13.6 Å². The van der Waals surface area contributed by atoms with Crippen molar-refractivity contribution in [3.8, 4) is 17.1 Å². The normalized spacial score (nSPS) is 16.4. The molecule has 1 unspecified atom stereocenters. The largest absolute Gasteiger partial charge is 0.484 e. The average Bonchev–Trinajstić information content (AvgIpc) is 3.32. The molecule has 4 rings (SSSR count). The minimum absolute atomic E-state index is 0.0421. The van der Waals surface area contributed by atoms with Gasteiger partial charge < -0.3 is 19.1 Å². The van der Waals surface area contributed by atoms with Crippen LogP contribution in [-0.2, 0) is 19.6 Å². The van der Waals surface area contributed by atoms with Gasteiger partial charge in [0.15, 0.2) is 6.61 Å². The summed E-state index contributed by atoms with van der Waals surface area (Å²) in [6, 6.07) is 14.0. The zero-order valence-corrected chi connectivity index (χ0v) is 19.1. The standard InChI is InChI=1S/C22H23N5O6S/c1-15(28)26-11-12-27(20(29)14-32-17-5-3-2-4-6-17)19(13-26)22-24-21(25-33-22)16-7-9-18(10-8-16)34(23,30)31/h2-10,19H,11-14H2,1H3,(H2,23,30,31). The summed E-state index contributed by atoms with van der Waals surface area (Å²) in [7, 11) is -3.83. The Balaban J connectivity index is 1.55. The quantitative estimate of drug-likeness (QED) is 0.547. The summed E-state index contributed by atoms with van der Waals surface area (Å²) in [5.74, 6) is 0.524. The number of aromatic nitrogens is 2. The molecule has 0 saturated carbocycles. The number of primary sulfonamides is 1. The van der Waals surface area contributed by atoms with E-state index in [1.165, 1.54) is 31.2 Å². The van der Waals surface area contributed by atoms with Gasteiger partial charge in [0.05, 0.1) is 11.4 Å². The van der Waals surface area contributed by atoms with Crippen LogP contribution >= 0.6 is 0 Å². The Morgan fingerprint density at radius 1 is 1.12 bits per heavy atom. The van der Waals surface area contributed by atoms with Crippen LogP contribution in [0, 0.1) is 0 Å². The van der Waals surface area contributed by atoms with E-state index in [4.69, 9.17) is 14.4 Å². The number of amides is 2. The zero-order chi connectivity index (χ0) is 24.3. The highest BCUT2D eigenvalue weighted by atomic mass is 32.2. The molecule has 34 heavy (non-hydrogen) atoms. The third kappa shape index (κ3) is 5.24. The summed E-state index contributed by atoms with van der Waals surface area (Å²) in [5, 5.41) is 9.10. The first-order valence-electron chi connectivity index (χ1n) is 10.4. The van der Waals surface area contributed by atoms with Gasteiger partial charge in [-0.3, -0.25) is 9.59 Å². The number of carbonyl (C=O) groups excluding carboxylic acids is 2. The molecule has 1 aliphatic rings. The number of hydrogen-bond donors (Lipinski definition) is 1. The molecule has 0 aliphatic carbocycles. The number of rotatable bonds is 6. The predicted molar refractivity (Wildman–Crippen MR) is 120 cm³/mol. The zero-order valence-electron chi connectivity index (χ0n) is 18.3. The fraction of sp³-hybridized carbons (Fsp3) is 0.273. The van der Waals surface area contributed by atoms with Crippen LogP contribution in [0.15, 0.2) is 64.0 Å². The molecule has 2 heterocycles. The topological polar surface area (TPSA) is 149 Å². The number of nitrogens with two attached hydrogens (primary N) is 1. The number of hydrogen-bond acceptors (Lipinski definition) is 8. The van der Waals surface area contributed by atoms with Crippen LogP contribution in [0.3, 0.4) is 0 Å². The first-order chi connectivity index (χ1) is 16.2. The van der Waals surface area contributed by atoms with E-state index in [-0.39, 0.29) is 48.1 Å². The maximum absolute atomic E-state index is 13.0. The highest BCUT2D eigenvalue weighted by Gasteiger charge is 2.36. The van der Waals surface area contributed by atoms with Gasteiger partial charge in [0.1, 0.15) is 11.8 Å². The smallest absolute Gasteiger partial charge is 0.261 e. The summed E-state index contributed by atoms with van der Waals surface area (Å²) >= 11 is 0. The van der Waals surface area contributed by atoms with E-state index in [9.17, 15) is 18.0 Å². The van der Waals surface area contributed by atoms with Crippen molar-refractivity contribution in [1.29, 1.82) is 0 Å². The fourth-order valence-corrected chi connectivity index (χ4v) is 4.12. The third-order valence-corrected chi connectivity index (χ3v) is 6.35. The first-order valence-corrected chi connectivity index (χ1v) is 12.0. The maximum atomic E-state index is 13.0. The van der Waals surface area contributed by atoms with Crippen molar-refractivity contribution >= 4 is 21.8 Å². The Labute approximate surface area is 196 Å². The Morgan fingerprint density at radius 2 is 1.82 bits per heavy atom. The highest BCUT2D eigenvalue weighted by molar-refractivity contribution is 7.89. The number of carbonyl (C=O) groups is 2. The summed E-state index contributed by atoms with van der Waals surface area (Å²) < 4.78 is 34.0. The van der Waals surface area contributed by atoms with Gasteiger partial charge in [-0.1, -0.05) is 23.4 Å². The second-order valence-corrected chi connectivity index (χ2v) is 9.26. The number of ether oxygens (including phenoxy) is 1. The predicted octanol–water partition coefficient (Wildman–Crippen LogP) is 1.19. The lowest BCUT2D eigenvalue weighted by Crippen LogP contribution is -2.53. The second kappa shape index (κ2) is 9.61. The van der Waals surface area contributed by atoms with Gasteiger partial charge in [-0.15, -0.1) is 0 Å². The van der Waals surface area contributed by atoms with Crippen LogP contribution in [0.4, 0.5) is 0 Å². The number of nitrogens with zero attached hydrogens (tertiary/aromatic N) is 4. The van der Waals surface area contributed by atoms with Crippen molar-refractivity contribution in [1.82, 2.24) is 19.9 Å².